The summed E-state index contributed by atoms with van der Waals surface area (Å²) in [6, 6.07) is 27.5. The Balaban J connectivity index is 1.99. The predicted molar refractivity (Wildman–Crippen MR) is 96.4 cm³/mol. The standard InChI is InChI=1S/C20H14BrN/c21-16-10-12-17(13-11-16)22-14-19(15-6-2-1-3-7-15)18-8-4-5-9-20(18)22/h1-14H. The molecule has 0 fully saturated rings. The van der Waals surface area contributed by atoms with E-state index < -0.39 is 0 Å². The lowest BCUT2D eigenvalue weighted by Gasteiger charge is -2.05. The Morgan fingerprint density at radius 1 is 0.682 bits per heavy atom. The van der Waals surface area contributed by atoms with E-state index in [1.807, 2.05) is 0 Å². The van der Waals surface area contributed by atoms with Gasteiger partial charge in [0.2, 0.25) is 0 Å². The lowest BCUT2D eigenvalue weighted by atomic mass is 10.1. The summed E-state index contributed by atoms with van der Waals surface area (Å²) < 4.78 is 3.35. The van der Waals surface area contributed by atoms with Crippen LogP contribution in [0.1, 0.15) is 0 Å². The van der Waals surface area contributed by atoms with Crippen molar-refractivity contribution in [2.24, 2.45) is 0 Å². The van der Waals surface area contributed by atoms with E-state index in [4.69, 9.17) is 0 Å². The average Bonchev–Trinajstić information content (AvgIpc) is 2.96. The Kier molecular flexibility index (Phi) is 3.32. The minimum Gasteiger partial charge on any atom is -0.316 e. The van der Waals surface area contributed by atoms with E-state index in [0.29, 0.717) is 0 Å². The summed E-state index contributed by atoms with van der Waals surface area (Å²) in [4.78, 5) is 0. The Bertz CT molecular complexity index is 921. The molecule has 0 saturated heterocycles. The first-order valence-corrected chi connectivity index (χ1v) is 8.04. The number of halogens is 1. The monoisotopic (exact) mass is 347 g/mol. The van der Waals surface area contributed by atoms with Crippen molar-refractivity contribution < 1.29 is 0 Å². The highest BCUT2D eigenvalue weighted by molar-refractivity contribution is 9.10. The highest BCUT2D eigenvalue weighted by Crippen LogP contribution is 2.32. The van der Waals surface area contributed by atoms with Crippen molar-refractivity contribution in [3.05, 3.63) is 89.5 Å². The molecule has 1 aromatic heterocycles. The third-order valence-electron chi connectivity index (χ3n) is 3.90. The van der Waals surface area contributed by atoms with Crippen LogP contribution in [0, 0.1) is 0 Å². The maximum atomic E-state index is 3.50. The first-order chi connectivity index (χ1) is 10.8. The molecule has 0 N–H and O–H groups in total. The van der Waals surface area contributed by atoms with E-state index in [-0.39, 0.29) is 0 Å². The molecule has 0 radical (unpaired) electrons. The van der Waals surface area contributed by atoms with E-state index in [2.05, 4.69) is 106 Å². The van der Waals surface area contributed by atoms with Gasteiger partial charge in [-0.3, -0.25) is 0 Å². The molecule has 4 rings (SSSR count). The molecule has 22 heavy (non-hydrogen) atoms. The van der Waals surface area contributed by atoms with Gasteiger partial charge in [-0.15, -0.1) is 0 Å². The molecule has 0 aliphatic rings. The van der Waals surface area contributed by atoms with Crippen molar-refractivity contribution >= 4 is 26.8 Å². The van der Waals surface area contributed by atoms with Gasteiger partial charge in [0.25, 0.3) is 0 Å². The predicted octanol–water partition coefficient (Wildman–Crippen LogP) is 6.06. The number of para-hydroxylation sites is 1. The first-order valence-electron chi connectivity index (χ1n) is 7.24. The zero-order valence-electron chi connectivity index (χ0n) is 11.9. The van der Waals surface area contributed by atoms with Gasteiger partial charge in [-0.25, -0.2) is 0 Å². The van der Waals surface area contributed by atoms with Crippen LogP contribution in [0.3, 0.4) is 0 Å². The minimum atomic E-state index is 1.09. The molecule has 4 aromatic rings. The number of benzene rings is 3. The van der Waals surface area contributed by atoms with Crippen molar-refractivity contribution in [2.75, 3.05) is 0 Å². The van der Waals surface area contributed by atoms with Gasteiger partial charge < -0.3 is 4.57 Å². The maximum absolute atomic E-state index is 3.50. The molecule has 0 amide bonds. The molecule has 0 unspecified atom stereocenters. The number of fused-ring (bicyclic) bond motifs is 1. The number of nitrogens with zero attached hydrogens (tertiary/aromatic N) is 1. The van der Waals surface area contributed by atoms with E-state index in [0.717, 1.165) is 4.47 Å². The summed E-state index contributed by atoms with van der Waals surface area (Å²) in [5, 5.41) is 1.27. The van der Waals surface area contributed by atoms with Gasteiger partial charge in [0, 0.05) is 27.3 Å². The smallest absolute Gasteiger partial charge is 0.0534 e. The largest absolute Gasteiger partial charge is 0.316 e. The second-order valence-electron chi connectivity index (χ2n) is 5.27. The fraction of sp³-hybridized carbons (Fsp3) is 0. The van der Waals surface area contributed by atoms with Crippen LogP contribution in [0.4, 0.5) is 0 Å². The quantitative estimate of drug-likeness (QED) is 0.415. The Morgan fingerprint density at radius 3 is 2.14 bits per heavy atom. The fourth-order valence-corrected chi connectivity index (χ4v) is 3.11. The molecule has 1 nitrogen and oxygen atoms in total. The number of aromatic nitrogens is 1. The van der Waals surface area contributed by atoms with Crippen molar-refractivity contribution in [1.82, 2.24) is 4.57 Å². The second kappa shape index (κ2) is 5.47. The first kappa shape index (κ1) is 13.4. The second-order valence-corrected chi connectivity index (χ2v) is 6.19. The van der Waals surface area contributed by atoms with Gasteiger partial charge in [0.15, 0.2) is 0 Å². The SMILES string of the molecule is Brc1ccc(-n2cc(-c3ccccc3)c3ccccc32)cc1. The summed E-state index contributed by atoms with van der Waals surface area (Å²) in [7, 11) is 0. The molecule has 0 atom stereocenters. The van der Waals surface area contributed by atoms with Gasteiger partial charge in [-0.1, -0.05) is 64.5 Å². The van der Waals surface area contributed by atoms with Crippen LogP contribution in [0.5, 0.6) is 0 Å². The van der Waals surface area contributed by atoms with E-state index >= 15 is 0 Å². The maximum Gasteiger partial charge on any atom is 0.0534 e. The Hall–Kier alpha value is -2.32. The minimum absolute atomic E-state index is 1.09. The summed E-state index contributed by atoms with van der Waals surface area (Å²) >= 11 is 3.50. The molecule has 0 aliphatic heterocycles. The van der Waals surface area contributed by atoms with Crippen molar-refractivity contribution in [3.63, 3.8) is 0 Å². The van der Waals surface area contributed by atoms with Crippen LogP contribution in [0.2, 0.25) is 0 Å². The molecule has 3 aromatic carbocycles. The molecule has 0 aliphatic carbocycles. The molecule has 2 heteroatoms. The lowest BCUT2D eigenvalue weighted by Crippen LogP contribution is -1.90. The van der Waals surface area contributed by atoms with Gasteiger partial charge in [-0.05, 0) is 35.9 Å². The van der Waals surface area contributed by atoms with Crippen molar-refractivity contribution in [2.45, 2.75) is 0 Å². The number of rotatable bonds is 2. The normalized spacial score (nSPS) is 11.0. The highest BCUT2D eigenvalue weighted by atomic mass is 79.9. The van der Waals surface area contributed by atoms with Gasteiger partial charge in [0.1, 0.15) is 0 Å². The fourth-order valence-electron chi connectivity index (χ4n) is 2.84. The van der Waals surface area contributed by atoms with Gasteiger partial charge >= 0.3 is 0 Å². The van der Waals surface area contributed by atoms with Gasteiger partial charge in [0.05, 0.1) is 5.52 Å². The number of hydrogen-bond acceptors (Lipinski definition) is 0. The molecule has 0 spiro atoms. The molecular formula is C20H14BrN. The van der Waals surface area contributed by atoms with Crippen LogP contribution in [-0.2, 0) is 0 Å². The van der Waals surface area contributed by atoms with Crippen LogP contribution in [0.15, 0.2) is 89.5 Å². The Morgan fingerprint density at radius 2 is 1.36 bits per heavy atom. The van der Waals surface area contributed by atoms with Crippen LogP contribution >= 0.6 is 15.9 Å². The molecule has 1 heterocycles. The molecule has 0 saturated carbocycles. The number of hydrogen-bond donors (Lipinski definition) is 0. The van der Waals surface area contributed by atoms with Crippen molar-refractivity contribution in [1.29, 1.82) is 0 Å². The molecular weight excluding hydrogens is 334 g/mol. The van der Waals surface area contributed by atoms with E-state index in [1.165, 1.54) is 27.7 Å². The summed E-state index contributed by atoms with van der Waals surface area (Å²) in [5.74, 6) is 0. The van der Waals surface area contributed by atoms with Crippen molar-refractivity contribution in [3.8, 4) is 16.8 Å². The summed E-state index contributed by atoms with van der Waals surface area (Å²) in [5.41, 5.74) is 4.90. The van der Waals surface area contributed by atoms with Crippen LogP contribution in [0.25, 0.3) is 27.7 Å². The van der Waals surface area contributed by atoms with Crippen LogP contribution in [-0.4, -0.2) is 4.57 Å². The zero-order valence-corrected chi connectivity index (χ0v) is 13.5. The van der Waals surface area contributed by atoms with Crippen LogP contribution < -0.4 is 0 Å². The average molecular weight is 348 g/mol. The lowest BCUT2D eigenvalue weighted by molar-refractivity contribution is 1.13. The highest BCUT2D eigenvalue weighted by Gasteiger charge is 2.10. The third-order valence-corrected chi connectivity index (χ3v) is 4.43. The summed E-state index contributed by atoms with van der Waals surface area (Å²) in [6.07, 6.45) is 2.23. The van der Waals surface area contributed by atoms with E-state index in [9.17, 15) is 0 Å². The molecule has 106 valence electrons. The van der Waals surface area contributed by atoms with Gasteiger partial charge in [-0.2, -0.15) is 0 Å². The summed E-state index contributed by atoms with van der Waals surface area (Å²) in [6.45, 7) is 0. The molecule has 0 bridgehead atoms. The topological polar surface area (TPSA) is 4.93 Å². The third kappa shape index (κ3) is 2.26. The zero-order chi connectivity index (χ0) is 14.9. The Labute approximate surface area is 138 Å². The van der Waals surface area contributed by atoms with E-state index in [1.54, 1.807) is 0 Å².